The minimum atomic E-state index is 1.09. The first kappa shape index (κ1) is 12.2. The van der Waals surface area contributed by atoms with Crippen molar-refractivity contribution in [1.29, 1.82) is 0 Å². The molecule has 0 aliphatic heterocycles. The first-order valence-corrected chi connectivity index (χ1v) is 5.29. The summed E-state index contributed by atoms with van der Waals surface area (Å²) in [6, 6.07) is 0. The largest absolute Gasteiger partial charge is 0.0805 e. The van der Waals surface area contributed by atoms with Crippen LogP contribution in [-0.4, -0.2) is 0 Å². The van der Waals surface area contributed by atoms with Crippen molar-refractivity contribution in [2.45, 2.75) is 47.5 Å². The molecule has 0 atom stereocenters. The van der Waals surface area contributed by atoms with Crippen molar-refractivity contribution in [3.8, 4) is 0 Å². The van der Waals surface area contributed by atoms with Crippen LogP contribution in [-0.2, 0) is 0 Å². The van der Waals surface area contributed by atoms with Crippen LogP contribution >= 0.6 is 0 Å². The van der Waals surface area contributed by atoms with Gasteiger partial charge in [0, 0.05) is 0 Å². The Bertz CT molecular complexity index is 226. The Kier molecular flexibility index (Phi) is 6.30. The fourth-order valence-electron chi connectivity index (χ4n) is 1.58. The van der Waals surface area contributed by atoms with Gasteiger partial charge in [-0.2, -0.15) is 0 Å². The Morgan fingerprint density at radius 1 is 1.23 bits per heavy atom. The average molecular weight is 178 g/mol. The van der Waals surface area contributed by atoms with E-state index in [0.29, 0.717) is 0 Å². The van der Waals surface area contributed by atoms with Crippen LogP contribution in [0.1, 0.15) is 47.5 Å². The summed E-state index contributed by atoms with van der Waals surface area (Å²) in [4.78, 5) is 0. The van der Waals surface area contributed by atoms with Crippen LogP contribution in [0.25, 0.3) is 0 Å². The zero-order valence-electron chi connectivity index (χ0n) is 9.65. The molecule has 0 bridgehead atoms. The highest BCUT2D eigenvalue weighted by Crippen LogP contribution is 2.21. The van der Waals surface area contributed by atoms with E-state index in [0.717, 1.165) is 12.8 Å². The van der Waals surface area contributed by atoms with E-state index in [4.69, 9.17) is 0 Å². The molecule has 0 aromatic carbocycles. The van der Waals surface area contributed by atoms with Gasteiger partial charge in [0.2, 0.25) is 0 Å². The summed E-state index contributed by atoms with van der Waals surface area (Å²) < 4.78 is 0. The topological polar surface area (TPSA) is 0 Å². The van der Waals surface area contributed by atoms with E-state index in [9.17, 15) is 0 Å². The molecule has 0 aromatic rings. The molecular formula is C13H22. The van der Waals surface area contributed by atoms with Gasteiger partial charge in [-0.3, -0.25) is 0 Å². The zero-order valence-corrected chi connectivity index (χ0v) is 9.65. The zero-order chi connectivity index (χ0) is 10.3. The van der Waals surface area contributed by atoms with E-state index in [1.165, 1.54) is 16.7 Å². The van der Waals surface area contributed by atoms with E-state index in [-0.39, 0.29) is 0 Å². The molecule has 0 fully saturated rings. The van der Waals surface area contributed by atoms with Crippen molar-refractivity contribution in [2.75, 3.05) is 0 Å². The van der Waals surface area contributed by atoms with E-state index >= 15 is 0 Å². The van der Waals surface area contributed by atoms with Gasteiger partial charge in [-0.15, -0.1) is 0 Å². The summed E-state index contributed by atoms with van der Waals surface area (Å²) >= 11 is 0. The fraction of sp³-hybridized carbons (Fsp3) is 0.538. The Morgan fingerprint density at radius 3 is 2.38 bits per heavy atom. The molecule has 0 spiro atoms. The summed E-state index contributed by atoms with van der Waals surface area (Å²) in [6.45, 7) is 10.6. The standard InChI is InChI=1S/C11H16.C2H6/c1-4-11-9(2)7-5-6-8-10(11)3;1-2/h5,7-8H,4,6H2,1-3H3;1-2H3. The highest BCUT2D eigenvalue weighted by molar-refractivity contribution is 5.40. The van der Waals surface area contributed by atoms with Crippen molar-refractivity contribution in [2.24, 2.45) is 0 Å². The van der Waals surface area contributed by atoms with Crippen LogP contribution in [0.4, 0.5) is 0 Å². The molecule has 0 saturated carbocycles. The molecule has 74 valence electrons. The Balaban J connectivity index is 0.000000671. The maximum absolute atomic E-state index is 2.30. The second-order valence-corrected chi connectivity index (χ2v) is 3.04. The third-order valence-corrected chi connectivity index (χ3v) is 2.23. The smallest absolute Gasteiger partial charge is 0.0160 e. The molecule has 0 nitrogen and oxygen atoms in total. The molecule has 0 N–H and O–H groups in total. The van der Waals surface area contributed by atoms with Gasteiger partial charge in [0.1, 0.15) is 0 Å². The van der Waals surface area contributed by atoms with Crippen molar-refractivity contribution in [3.05, 3.63) is 34.9 Å². The van der Waals surface area contributed by atoms with E-state index in [1.807, 2.05) is 13.8 Å². The van der Waals surface area contributed by atoms with Crippen molar-refractivity contribution in [1.82, 2.24) is 0 Å². The molecule has 1 aliphatic carbocycles. The van der Waals surface area contributed by atoms with E-state index < -0.39 is 0 Å². The lowest BCUT2D eigenvalue weighted by Gasteiger charge is -2.05. The Labute approximate surface area is 83.0 Å². The van der Waals surface area contributed by atoms with Crippen LogP contribution in [0.3, 0.4) is 0 Å². The normalized spacial score (nSPS) is 15.9. The van der Waals surface area contributed by atoms with Gasteiger partial charge in [0.15, 0.2) is 0 Å². The molecule has 0 aromatic heterocycles. The van der Waals surface area contributed by atoms with E-state index in [2.05, 4.69) is 39.0 Å². The number of rotatable bonds is 1. The highest BCUT2D eigenvalue weighted by Gasteiger charge is 2.01. The van der Waals surface area contributed by atoms with Crippen LogP contribution in [0.2, 0.25) is 0 Å². The maximum atomic E-state index is 2.30. The SMILES string of the molecule is CC.CCC1=C(C)C=CCC=C1C. The molecule has 1 rings (SSSR count). The van der Waals surface area contributed by atoms with Gasteiger partial charge in [0.25, 0.3) is 0 Å². The van der Waals surface area contributed by atoms with Gasteiger partial charge >= 0.3 is 0 Å². The average Bonchev–Trinajstić information content (AvgIpc) is 2.31. The van der Waals surface area contributed by atoms with Crippen LogP contribution in [0.15, 0.2) is 34.9 Å². The molecule has 1 aliphatic rings. The Morgan fingerprint density at radius 2 is 1.85 bits per heavy atom. The molecule has 0 amide bonds. The number of hydrogen-bond acceptors (Lipinski definition) is 0. The van der Waals surface area contributed by atoms with Crippen LogP contribution in [0, 0.1) is 0 Å². The van der Waals surface area contributed by atoms with Crippen LogP contribution < -0.4 is 0 Å². The predicted molar refractivity (Wildman–Crippen MR) is 61.9 cm³/mol. The second kappa shape index (κ2) is 6.71. The lowest BCUT2D eigenvalue weighted by Crippen LogP contribution is -1.85. The summed E-state index contributed by atoms with van der Waals surface area (Å²) in [5.74, 6) is 0. The minimum Gasteiger partial charge on any atom is -0.0805 e. The van der Waals surface area contributed by atoms with Gasteiger partial charge in [-0.1, -0.05) is 44.6 Å². The molecule has 0 heterocycles. The third-order valence-electron chi connectivity index (χ3n) is 2.23. The second-order valence-electron chi connectivity index (χ2n) is 3.04. The van der Waals surface area contributed by atoms with Gasteiger partial charge in [-0.25, -0.2) is 0 Å². The molecule has 0 radical (unpaired) electrons. The summed E-state index contributed by atoms with van der Waals surface area (Å²) in [5, 5.41) is 0. The number of hydrogen-bond donors (Lipinski definition) is 0. The summed E-state index contributed by atoms with van der Waals surface area (Å²) in [5.41, 5.74) is 4.40. The Hall–Kier alpha value is -0.780. The molecule has 0 saturated heterocycles. The number of allylic oxidation sites excluding steroid dienone is 6. The lowest BCUT2D eigenvalue weighted by molar-refractivity contribution is 1.08. The fourth-order valence-corrected chi connectivity index (χ4v) is 1.58. The van der Waals surface area contributed by atoms with Gasteiger partial charge in [-0.05, 0) is 37.8 Å². The predicted octanol–water partition coefficient (Wildman–Crippen LogP) is 4.65. The van der Waals surface area contributed by atoms with Crippen molar-refractivity contribution >= 4 is 0 Å². The van der Waals surface area contributed by atoms with Gasteiger partial charge < -0.3 is 0 Å². The minimum absolute atomic E-state index is 1.09. The van der Waals surface area contributed by atoms with Crippen molar-refractivity contribution < 1.29 is 0 Å². The molecule has 0 unspecified atom stereocenters. The van der Waals surface area contributed by atoms with Crippen molar-refractivity contribution in [3.63, 3.8) is 0 Å². The van der Waals surface area contributed by atoms with E-state index in [1.54, 1.807) is 0 Å². The van der Waals surface area contributed by atoms with Crippen LogP contribution in [0.5, 0.6) is 0 Å². The third kappa shape index (κ3) is 3.63. The summed E-state index contributed by atoms with van der Waals surface area (Å²) in [7, 11) is 0. The molecule has 13 heavy (non-hydrogen) atoms. The van der Waals surface area contributed by atoms with Gasteiger partial charge in [0.05, 0.1) is 0 Å². The maximum Gasteiger partial charge on any atom is -0.0160 e. The monoisotopic (exact) mass is 178 g/mol. The summed E-state index contributed by atoms with van der Waals surface area (Å²) in [6.07, 6.45) is 8.99. The molecule has 0 heteroatoms. The quantitative estimate of drug-likeness (QED) is 0.548. The molecular weight excluding hydrogens is 156 g/mol. The highest BCUT2D eigenvalue weighted by atomic mass is 14.1. The first-order valence-electron chi connectivity index (χ1n) is 5.29. The lowest BCUT2D eigenvalue weighted by atomic mass is 10.0. The first-order chi connectivity index (χ1) is 6.25.